The Morgan fingerprint density at radius 3 is 1.22 bits per heavy atom. The zero-order valence-corrected chi connectivity index (χ0v) is 74.6. The number of Topliss-reactive ketones (excluding diaryl/α,β-unsaturated/α-hetero) is 3. The first-order valence-corrected chi connectivity index (χ1v) is 45.6. The molecule has 688 valence electrons. The van der Waals surface area contributed by atoms with Crippen molar-refractivity contribution in [1.29, 1.82) is 0 Å². The summed E-state index contributed by atoms with van der Waals surface area (Å²) in [6, 6.07) is 19.0. The number of nitrogens with two attached hydrogens (primary N) is 4. The van der Waals surface area contributed by atoms with Gasteiger partial charge in [0.25, 0.3) is 0 Å². The highest BCUT2D eigenvalue weighted by Crippen LogP contribution is 2.56. The number of fused-ring (bicyclic) bond motifs is 4. The van der Waals surface area contributed by atoms with Crippen LogP contribution in [0, 0.1) is 31.3 Å². The van der Waals surface area contributed by atoms with Gasteiger partial charge in [0.2, 0.25) is 16.3 Å². The van der Waals surface area contributed by atoms with Crippen LogP contribution in [0.25, 0.3) is 43.6 Å². The standard InChI is InChI=1S/C26H29FN4O3.C25H27ClN4O3.C24H27FN4O2.C23H26FN5O3.CH4/c1-15-18(16(2)32)24(33)19-21(28)20(27)22(30-13-5-8-17-7-3-4-12-29-17)25-23(19)31(15)26(9-6-10-26)11-14-34-25;1-15(31)17-14-30-22-18(23(17)32)20(27)19(26)21(24(22)33-13-10-25(30)8-5-9-25)29-12-4-7-16-6-2-3-11-28-16;1-15-14-17(30)18-20(26)19(25)21(28-12-4-7-16-6-2-3-11-27-16)23-22(18)29(15)24(8-5-9-24)10-13-31-23;1-14(30)15-12-29-20-16(21(15)31)18(25)17(24)19(27-7-3-9-28-10-8-26-13-28)22(20)32-11-6-23(29)4-2-5-23;/h3-4,7,12,30H,5-6,8-11,13-14,28H2,1-2H3;2-3,6,11,14,29H,4-5,7-10,12-13,27H2,1H3;2-3,6,11,14,28H,4-5,7-10,12-13,26H2,1H3;8,10,12-13,27H,2-7,9,11,25H2,1H3;1H4. The molecule has 0 saturated heterocycles. The first-order chi connectivity index (χ1) is 62.7. The lowest BCUT2D eigenvalue weighted by Gasteiger charge is -2.45. The number of nitrogens with one attached hydrogen (secondary N) is 4. The lowest BCUT2D eigenvalue weighted by atomic mass is 9.73. The number of anilines is 8. The number of imidazole rings is 1. The average Bonchev–Trinajstić information content (AvgIpc) is 1.69. The summed E-state index contributed by atoms with van der Waals surface area (Å²) in [6.45, 7) is 12.5. The van der Waals surface area contributed by atoms with Gasteiger partial charge in [0.05, 0.1) is 121 Å². The van der Waals surface area contributed by atoms with E-state index in [1.807, 2.05) is 76.9 Å². The zero-order valence-electron chi connectivity index (χ0n) is 73.9. The Hall–Kier alpha value is -12.9. The topological polar surface area (TPSA) is 385 Å². The van der Waals surface area contributed by atoms with Crippen molar-refractivity contribution >= 4 is 118 Å². The molecule has 32 heteroatoms. The number of aromatic nitrogens is 9. The Bertz CT molecular complexity index is 6710. The molecule has 4 saturated carbocycles. The SMILES string of the molecule is C.CC(=O)c1c(C)n2c3c(c(NCCCc4ccccn4)c(F)c(N)c3c1=O)OCCC21CCC1.CC(=O)c1cn2c3c(c(NCCCc4ccccn4)c(Cl)c(N)c3c1=O)OCCC21CCC1.CC(=O)c1cn2c3c(c(NCCCn4ccnc4)c(F)c(N)c3c1=O)OCCC21CCC1.Cc1cc(=O)c2c(N)c(F)c(NCCCc3ccccn3)c3c2n1C1(CCC1)CCO3. The Kier molecular flexibility index (Phi) is 26.2. The van der Waals surface area contributed by atoms with Gasteiger partial charge in [-0.2, -0.15) is 0 Å². The first-order valence-electron chi connectivity index (χ1n) is 45.2. The molecule has 12 aromatic rings. The maximum absolute atomic E-state index is 15.6. The van der Waals surface area contributed by atoms with Crippen molar-refractivity contribution in [2.75, 3.05) is 96.8 Å². The second-order valence-corrected chi connectivity index (χ2v) is 36.1. The highest BCUT2D eigenvalue weighted by atomic mass is 35.5. The number of halogens is 4. The molecule has 0 unspecified atom stereocenters. The van der Waals surface area contributed by atoms with Gasteiger partial charge in [0.15, 0.2) is 63.2 Å². The zero-order chi connectivity index (χ0) is 91.2. The molecule has 12 heterocycles. The molecule has 28 nitrogen and oxygen atoms in total. The van der Waals surface area contributed by atoms with Crippen molar-refractivity contribution in [3.8, 4) is 23.0 Å². The normalized spacial score (nSPS) is 16.2. The summed E-state index contributed by atoms with van der Waals surface area (Å²) in [5.74, 6) is -1.48. The number of pyridine rings is 7. The van der Waals surface area contributed by atoms with Crippen molar-refractivity contribution in [3.63, 3.8) is 0 Å². The number of carbonyl (C=O) groups excluding carboxylic acids is 3. The van der Waals surface area contributed by atoms with Crippen LogP contribution in [0.1, 0.15) is 216 Å². The number of ketones is 3. The van der Waals surface area contributed by atoms with Crippen LogP contribution in [0.3, 0.4) is 0 Å². The van der Waals surface area contributed by atoms with Crippen LogP contribution in [0.2, 0.25) is 5.02 Å². The molecule has 4 fully saturated rings. The highest BCUT2D eigenvalue weighted by molar-refractivity contribution is 6.38. The molecule has 0 bridgehead atoms. The van der Waals surface area contributed by atoms with Gasteiger partial charge in [0, 0.05) is 158 Å². The number of benzene rings is 4. The number of ether oxygens (including phenoxy) is 4. The predicted molar refractivity (Wildman–Crippen MR) is 508 cm³/mol. The van der Waals surface area contributed by atoms with Gasteiger partial charge in [0.1, 0.15) is 22.7 Å². The molecule has 0 amide bonds. The first kappa shape index (κ1) is 91.4. The van der Waals surface area contributed by atoms with E-state index in [1.54, 1.807) is 56.5 Å². The largest absolute Gasteiger partial charge is 0.489 e. The summed E-state index contributed by atoms with van der Waals surface area (Å²) in [5.41, 5.74) is 30.3. The molecular weight excluding hydrogens is 1700 g/mol. The second kappa shape index (κ2) is 37.5. The monoisotopic (exact) mass is 1810 g/mol. The third-order valence-corrected chi connectivity index (χ3v) is 28.3. The maximum atomic E-state index is 15.6. The summed E-state index contributed by atoms with van der Waals surface area (Å²) in [5, 5.41) is 13.7. The van der Waals surface area contributed by atoms with E-state index in [2.05, 4.69) is 54.9 Å². The Morgan fingerprint density at radius 2 is 0.832 bits per heavy atom. The summed E-state index contributed by atoms with van der Waals surface area (Å²) in [6.07, 6.45) is 34.4. The van der Waals surface area contributed by atoms with Crippen LogP contribution >= 0.6 is 11.6 Å². The van der Waals surface area contributed by atoms with E-state index in [4.69, 9.17) is 53.5 Å². The smallest absolute Gasteiger partial charge is 0.202 e. The third-order valence-electron chi connectivity index (χ3n) is 27.9. The van der Waals surface area contributed by atoms with Gasteiger partial charge in [-0.25, -0.2) is 18.2 Å². The van der Waals surface area contributed by atoms with Crippen LogP contribution in [-0.4, -0.2) is 113 Å². The number of nitrogens with zero attached hydrogens (tertiary/aromatic N) is 9. The lowest BCUT2D eigenvalue weighted by molar-refractivity contribution is 0.0992. The Balaban J connectivity index is 0.000000127. The summed E-state index contributed by atoms with van der Waals surface area (Å²) >= 11 is 6.69. The van der Waals surface area contributed by atoms with E-state index in [0.29, 0.717) is 109 Å². The number of hydrogen-bond donors (Lipinski definition) is 8. The van der Waals surface area contributed by atoms with Gasteiger partial charge in [-0.3, -0.25) is 48.5 Å². The van der Waals surface area contributed by atoms with Gasteiger partial charge in [-0.05, 0) is 193 Å². The van der Waals surface area contributed by atoms with Crippen LogP contribution < -0.4 is 84.9 Å². The molecular formula is C99H113ClF3N17O11. The summed E-state index contributed by atoms with van der Waals surface area (Å²) in [7, 11) is 0. The molecule has 4 spiro atoms. The van der Waals surface area contributed by atoms with Crippen LogP contribution in [0.4, 0.5) is 58.7 Å². The fraction of sp³-hybridized carbons (Fsp3) is 0.424. The number of rotatable bonds is 23. The molecule has 8 aromatic heterocycles. The van der Waals surface area contributed by atoms with Crippen molar-refractivity contribution in [2.24, 2.45) is 0 Å². The molecule has 4 aromatic carbocycles. The molecule has 0 atom stereocenters. The van der Waals surface area contributed by atoms with E-state index in [1.165, 1.54) is 20.8 Å². The fourth-order valence-corrected chi connectivity index (χ4v) is 20.9. The number of carbonyl (C=O) groups is 3. The quantitative estimate of drug-likeness (QED) is 0.0167. The minimum absolute atomic E-state index is 0. The summed E-state index contributed by atoms with van der Waals surface area (Å²) < 4.78 is 81.2. The molecule has 131 heavy (non-hydrogen) atoms. The van der Waals surface area contributed by atoms with Gasteiger partial charge < -0.3 is 86.0 Å². The highest BCUT2D eigenvalue weighted by Gasteiger charge is 2.48. The molecule has 20 rings (SSSR count). The Labute approximate surface area is 760 Å². The second-order valence-electron chi connectivity index (χ2n) is 35.7. The van der Waals surface area contributed by atoms with Gasteiger partial charge in [-0.15, -0.1) is 0 Å². The van der Waals surface area contributed by atoms with Crippen LogP contribution in [0.15, 0.2) is 130 Å². The molecule has 4 aliphatic heterocycles. The van der Waals surface area contributed by atoms with E-state index in [0.717, 1.165) is 177 Å². The minimum Gasteiger partial charge on any atom is -0.489 e. The van der Waals surface area contributed by atoms with E-state index >= 15 is 13.2 Å². The van der Waals surface area contributed by atoms with E-state index < -0.39 is 33.7 Å². The fourth-order valence-electron chi connectivity index (χ4n) is 20.6. The van der Waals surface area contributed by atoms with Gasteiger partial charge >= 0.3 is 0 Å². The molecule has 4 aliphatic carbocycles. The van der Waals surface area contributed by atoms with E-state index in [-0.39, 0.29) is 135 Å². The maximum Gasteiger partial charge on any atom is 0.202 e. The van der Waals surface area contributed by atoms with Crippen molar-refractivity contribution in [2.45, 2.75) is 218 Å². The summed E-state index contributed by atoms with van der Waals surface area (Å²) in [4.78, 5) is 107. The number of nitrogen functional groups attached to an aromatic ring is 4. The van der Waals surface area contributed by atoms with Crippen LogP contribution in [-0.2, 0) is 48.0 Å². The van der Waals surface area contributed by atoms with Gasteiger partial charge in [-0.1, -0.05) is 37.2 Å². The third kappa shape index (κ3) is 16.5. The Morgan fingerprint density at radius 1 is 0.458 bits per heavy atom. The lowest BCUT2D eigenvalue weighted by Crippen LogP contribution is -2.43. The van der Waals surface area contributed by atoms with Crippen molar-refractivity contribution < 1.29 is 46.5 Å². The number of aryl methyl sites for hydroxylation is 5. The number of hydrogen-bond acceptors (Lipinski definition) is 23. The van der Waals surface area contributed by atoms with Crippen LogP contribution in [0.5, 0.6) is 23.0 Å². The minimum atomic E-state index is -0.718. The predicted octanol–water partition coefficient (Wildman–Crippen LogP) is 16.9. The molecule has 12 N–H and O–H groups in total. The van der Waals surface area contributed by atoms with E-state index in [9.17, 15) is 33.6 Å². The molecule has 0 radical (unpaired) electrons. The van der Waals surface area contributed by atoms with Crippen molar-refractivity contribution in [3.05, 3.63) is 219 Å². The average molecular weight is 1810 g/mol. The molecule has 8 aliphatic rings. The van der Waals surface area contributed by atoms with Crippen molar-refractivity contribution in [1.82, 2.24) is 42.8 Å².